The molecule has 0 spiro atoms. The van der Waals surface area contributed by atoms with Crippen molar-refractivity contribution >= 4 is 16.9 Å². The number of aromatic carboxylic acids is 1. The summed E-state index contributed by atoms with van der Waals surface area (Å²) in [6, 6.07) is 7.79. The number of aromatic nitrogens is 3. The summed E-state index contributed by atoms with van der Waals surface area (Å²) < 4.78 is 1.97. The monoisotopic (exact) mass is 241 g/mol. The van der Waals surface area contributed by atoms with E-state index in [0.717, 1.165) is 16.5 Å². The number of benzene rings is 1. The van der Waals surface area contributed by atoms with Crippen molar-refractivity contribution in [2.24, 2.45) is 7.05 Å². The largest absolute Gasteiger partial charge is 0.478 e. The molecule has 18 heavy (non-hydrogen) atoms. The van der Waals surface area contributed by atoms with Crippen LogP contribution in [0.15, 0.2) is 36.7 Å². The molecule has 0 saturated heterocycles. The lowest BCUT2D eigenvalue weighted by Crippen LogP contribution is -1.98. The van der Waals surface area contributed by atoms with E-state index in [4.69, 9.17) is 5.11 Å². The normalized spacial score (nSPS) is 10.9. The first kappa shape index (κ1) is 10.6. The molecule has 3 rings (SSSR count). The minimum Gasteiger partial charge on any atom is -0.478 e. The maximum atomic E-state index is 11.1. The van der Waals surface area contributed by atoms with Gasteiger partial charge in [-0.25, -0.2) is 4.79 Å². The molecule has 0 saturated carbocycles. The van der Waals surface area contributed by atoms with Crippen molar-refractivity contribution in [1.29, 1.82) is 0 Å². The highest BCUT2D eigenvalue weighted by molar-refractivity contribution is 6.01. The van der Waals surface area contributed by atoms with Crippen molar-refractivity contribution in [3.05, 3.63) is 42.2 Å². The number of hydrogen-bond acceptors (Lipinski definition) is 2. The Morgan fingerprint density at radius 3 is 3.00 bits per heavy atom. The maximum absolute atomic E-state index is 11.1. The molecular weight excluding hydrogens is 230 g/mol. The van der Waals surface area contributed by atoms with Crippen LogP contribution in [-0.2, 0) is 7.05 Å². The van der Waals surface area contributed by atoms with E-state index in [1.165, 1.54) is 6.20 Å². The van der Waals surface area contributed by atoms with Crippen LogP contribution in [0.5, 0.6) is 0 Å². The molecule has 5 heteroatoms. The summed E-state index contributed by atoms with van der Waals surface area (Å²) in [5, 5.41) is 16.8. The number of carboxylic acid groups (broad SMARTS) is 1. The van der Waals surface area contributed by atoms with E-state index in [1.807, 2.05) is 42.1 Å². The maximum Gasteiger partial charge on any atom is 0.339 e. The number of para-hydroxylation sites is 1. The Labute approximate surface area is 103 Å². The molecule has 0 amide bonds. The minimum absolute atomic E-state index is 0.184. The Bertz CT molecular complexity index is 740. The Morgan fingerprint density at radius 1 is 1.39 bits per heavy atom. The highest BCUT2D eigenvalue weighted by Crippen LogP contribution is 2.29. The zero-order valence-corrected chi connectivity index (χ0v) is 9.71. The van der Waals surface area contributed by atoms with Crippen molar-refractivity contribution in [2.45, 2.75) is 0 Å². The van der Waals surface area contributed by atoms with E-state index >= 15 is 0 Å². The lowest BCUT2D eigenvalue weighted by molar-refractivity contribution is 0.0698. The third kappa shape index (κ3) is 1.41. The quantitative estimate of drug-likeness (QED) is 0.723. The van der Waals surface area contributed by atoms with Gasteiger partial charge in [-0.2, -0.15) is 5.10 Å². The van der Waals surface area contributed by atoms with Crippen LogP contribution in [0.2, 0.25) is 0 Å². The Morgan fingerprint density at radius 2 is 2.22 bits per heavy atom. The first-order chi connectivity index (χ1) is 8.68. The summed E-state index contributed by atoms with van der Waals surface area (Å²) >= 11 is 0. The molecule has 5 nitrogen and oxygen atoms in total. The minimum atomic E-state index is -0.982. The molecule has 0 fully saturated rings. The van der Waals surface area contributed by atoms with Gasteiger partial charge in [-0.05, 0) is 6.07 Å². The molecule has 90 valence electrons. The number of hydrogen-bond donors (Lipinski definition) is 2. The predicted octanol–water partition coefficient (Wildman–Crippen LogP) is 2.27. The standard InChI is InChI=1S/C13H11N3O2/c1-16-6-5-8-3-2-4-9(12(8)16)11-10(13(17)18)7-14-15-11/h2-7H,1H3,(H,14,15)(H,17,18). The third-order valence-electron chi connectivity index (χ3n) is 3.04. The topological polar surface area (TPSA) is 70.9 Å². The second-order valence-corrected chi connectivity index (χ2v) is 4.13. The van der Waals surface area contributed by atoms with Crippen molar-refractivity contribution in [1.82, 2.24) is 14.8 Å². The number of H-pyrrole nitrogens is 1. The van der Waals surface area contributed by atoms with Crippen molar-refractivity contribution in [2.75, 3.05) is 0 Å². The lowest BCUT2D eigenvalue weighted by atomic mass is 10.1. The molecule has 0 radical (unpaired) electrons. The van der Waals surface area contributed by atoms with Crippen molar-refractivity contribution in [3.8, 4) is 11.3 Å². The van der Waals surface area contributed by atoms with Crippen LogP contribution >= 0.6 is 0 Å². The number of fused-ring (bicyclic) bond motifs is 1. The van der Waals surface area contributed by atoms with Crippen LogP contribution in [0, 0.1) is 0 Å². The zero-order chi connectivity index (χ0) is 12.7. The Balaban J connectivity index is 2.35. The number of rotatable bonds is 2. The van der Waals surface area contributed by atoms with Crippen molar-refractivity contribution in [3.63, 3.8) is 0 Å². The molecule has 0 aliphatic heterocycles. The van der Waals surface area contributed by atoms with Gasteiger partial charge >= 0.3 is 5.97 Å². The van der Waals surface area contributed by atoms with Crippen LogP contribution in [0.1, 0.15) is 10.4 Å². The zero-order valence-electron chi connectivity index (χ0n) is 9.71. The SMILES string of the molecule is Cn1ccc2cccc(-c3[nH]ncc3C(=O)O)c21. The van der Waals surface area contributed by atoms with Gasteiger partial charge < -0.3 is 9.67 Å². The van der Waals surface area contributed by atoms with Gasteiger partial charge in [0, 0.05) is 24.2 Å². The van der Waals surface area contributed by atoms with Gasteiger partial charge in [0.05, 0.1) is 17.4 Å². The summed E-state index contributed by atoms with van der Waals surface area (Å²) in [7, 11) is 1.93. The fourth-order valence-corrected chi connectivity index (χ4v) is 2.21. The molecule has 3 aromatic rings. The Hall–Kier alpha value is -2.56. The molecule has 1 aromatic carbocycles. The molecule has 0 bridgehead atoms. The van der Waals surface area contributed by atoms with Gasteiger partial charge in [-0.1, -0.05) is 18.2 Å². The van der Waals surface area contributed by atoms with Gasteiger partial charge in [0.15, 0.2) is 0 Å². The van der Waals surface area contributed by atoms with Crippen LogP contribution < -0.4 is 0 Å². The van der Waals surface area contributed by atoms with Gasteiger partial charge in [0.2, 0.25) is 0 Å². The molecule has 0 unspecified atom stereocenters. The van der Waals surface area contributed by atoms with Crippen LogP contribution in [0.3, 0.4) is 0 Å². The summed E-state index contributed by atoms with van der Waals surface area (Å²) in [5.41, 5.74) is 2.55. The number of aromatic amines is 1. The van der Waals surface area contributed by atoms with Crippen LogP contribution in [0.25, 0.3) is 22.2 Å². The molecular formula is C13H11N3O2. The van der Waals surface area contributed by atoms with Gasteiger partial charge in [0.1, 0.15) is 5.56 Å². The first-order valence-electron chi connectivity index (χ1n) is 5.49. The van der Waals surface area contributed by atoms with Crippen molar-refractivity contribution < 1.29 is 9.90 Å². The second kappa shape index (κ2) is 3.73. The summed E-state index contributed by atoms with van der Waals surface area (Å²) in [6.45, 7) is 0. The number of aryl methyl sites for hydroxylation is 1. The van der Waals surface area contributed by atoms with Gasteiger partial charge in [-0.3, -0.25) is 5.10 Å². The Kier molecular flexibility index (Phi) is 2.19. The summed E-state index contributed by atoms with van der Waals surface area (Å²) in [5.74, 6) is -0.982. The molecule has 0 atom stereocenters. The molecule has 2 N–H and O–H groups in total. The van der Waals surface area contributed by atoms with E-state index in [1.54, 1.807) is 0 Å². The number of carboxylic acids is 1. The fourth-order valence-electron chi connectivity index (χ4n) is 2.21. The van der Waals surface area contributed by atoms with E-state index in [-0.39, 0.29) is 5.56 Å². The molecule has 2 heterocycles. The highest BCUT2D eigenvalue weighted by Gasteiger charge is 2.16. The molecule has 0 aliphatic carbocycles. The molecule has 0 aliphatic rings. The number of carbonyl (C=O) groups is 1. The average molecular weight is 241 g/mol. The highest BCUT2D eigenvalue weighted by atomic mass is 16.4. The van der Waals surface area contributed by atoms with E-state index < -0.39 is 5.97 Å². The smallest absolute Gasteiger partial charge is 0.339 e. The fraction of sp³-hybridized carbons (Fsp3) is 0.0769. The number of nitrogens with one attached hydrogen (secondary N) is 1. The summed E-state index contributed by atoms with van der Waals surface area (Å²) in [6.07, 6.45) is 3.28. The molecule has 2 aromatic heterocycles. The van der Waals surface area contributed by atoms with E-state index in [9.17, 15) is 4.79 Å². The van der Waals surface area contributed by atoms with E-state index in [2.05, 4.69) is 10.2 Å². The summed E-state index contributed by atoms with van der Waals surface area (Å²) in [4.78, 5) is 11.1. The number of nitrogens with zero attached hydrogens (tertiary/aromatic N) is 2. The second-order valence-electron chi connectivity index (χ2n) is 4.13. The predicted molar refractivity (Wildman–Crippen MR) is 67.5 cm³/mol. The van der Waals surface area contributed by atoms with E-state index in [0.29, 0.717) is 5.69 Å². The van der Waals surface area contributed by atoms with Crippen LogP contribution in [0.4, 0.5) is 0 Å². The van der Waals surface area contributed by atoms with Gasteiger partial charge in [0.25, 0.3) is 0 Å². The first-order valence-corrected chi connectivity index (χ1v) is 5.49. The third-order valence-corrected chi connectivity index (χ3v) is 3.04. The van der Waals surface area contributed by atoms with Gasteiger partial charge in [-0.15, -0.1) is 0 Å². The van der Waals surface area contributed by atoms with Crippen LogP contribution in [-0.4, -0.2) is 25.8 Å². The lowest BCUT2D eigenvalue weighted by Gasteiger charge is -2.05. The average Bonchev–Trinajstić information content (AvgIpc) is 2.96.